The van der Waals surface area contributed by atoms with Crippen LogP contribution in [-0.2, 0) is 4.79 Å². The summed E-state index contributed by atoms with van der Waals surface area (Å²) in [6.45, 7) is 10.6. The second kappa shape index (κ2) is 9.42. The van der Waals surface area contributed by atoms with Crippen molar-refractivity contribution in [1.82, 2.24) is 9.80 Å². The van der Waals surface area contributed by atoms with Gasteiger partial charge in [0.25, 0.3) is 0 Å². The van der Waals surface area contributed by atoms with Gasteiger partial charge in [-0.2, -0.15) is 0 Å². The van der Waals surface area contributed by atoms with Crippen LogP contribution in [0.1, 0.15) is 52.9 Å². The molecule has 4 heteroatoms. The minimum atomic E-state index is -0.311. The Morgan fingerprint density at radius 1 is 1.33 bits per heavy atom. The van der Waals surface area contributed by atoms with Crippen LogP contribution in [0.2, 0.25) is 0 Å². The summed E-state index contributed by atoms with van der Waals surface area (Å²) in [5.41, 5.74) is 6.02. The Balaban J connectivity index is 2.29. The molecule has 124 valence electrons. The van der Waals surface area contributed by atoms with E-state index in [9.17, 15) is 4.79 Å². The van der Waals surface area contributed by atoms with E-state index >= 15 is 0 Å². The predicted molar refractivity (Wildman–Crippen MR) is 89.1 cm³/mol. The molecule has 1 atom stereocenters. The molecule has 0 aliphatic carbocycles. The van der Waals surface area contributed by atoms with Crippen LogP contribution in [0.4, 0.5) is 0 Å². The van der Waals surface area contributed by atoms with Gasteiger partial charge in [-0.05, 0) is 51.1 Å². The number of hydrogen-bond donors (Lipinski definition) is 1. The number of piperidine rings is 1. The fraction of sp³-hybridized carbons (Fsp3) is 0.941. The quantitative estimate of drug-likeness (QED) is 0.748. The predicted octanol–water partition coefficient (Wildman–Crippen LogP) is 2.33. The lowest BCUT2D eigenvalue weighted by atomic mass is 9.95. The molecular weight excluding hydrogens is 262 g/mol. The number of nitrogens with two attached hydrogens (primary N) is 1. The minimum absolute atomic E-state index is 0.154. The van der Waals surface area contributed by atoms with Gasteiger partial charge in [-0.1, -0.05) is 27.2 Å². The van der Waals surface area contributed by atoms with E-state index in [1.807, 2.05) is 4.90 Å². The van der Waals surface area contributed by atoms with E-state index < -0.39 is 0 Å². The van der Waals surface area contributed by atoms with Gasteiger partial charge in [0.05, 0.1) is 6.04 Å². The van der Waals surface area contributed by atoms with E-state index in [2.05, 4.69) is 32.7 Å². The van der Waals surface area contributed by atoms with E-state index in [4.69, 9.17) is 5.73 Å². The molecule has 1 aliphatic rings. The van der Waals surface area contributed by atoms with Crippen LogP contribution in [0.15, 0.2) is 0 Å². The first-order valence-electron chi connectivity index (χ1n) is 8.66. The summed E-state index contributed by atoms with van der Waals surface area (Å²) in [5, 5.41) is 0. The van der Waals surface area contributed by atoms with Crippen LogP contribution in [0.3, 0.4) is 0 Å². The molecule has 0 radical (unpaired) electrons. The summed E-state index contributed by atoms with van der Waals surface area (Å²) in [7, 11) is 2.21. The molecule has 1 saturated heterocycles. The van der Waals surface area contributed by atoms with Crippen LogP contribution in [0.5, 0.6) is 0 Å². The number of nitrogens with zero attached hydrogens (tertiary/aromatic N) is 2. The fourth-order valence-electron chi connectivity index (χ4n) is 3.14. The molecule has 2 N–H and O–H groups in total. The highest BCUT2D eigenvalue weighted by Crippen LogP contribution is 2.19. The molecular formula is C17H35N3O. The van der Waals surface area contributed by atoms with Crippen molar-refractivity contribution < 1.29 is 4.79 Å². The minimum Gasteiger partial charge on any atom is -0.341 e. The van der Waals surface area contributed by atoms with Crippen molar-refractivity contribution in [3.05, 3.63) is 0 Å². The maximum absolute atomic E-state index is 12.3. The van der Waals surface area contributed by atoms with Crippen molar-refractivity contribution in [3.8, 4) is 0 Å². The highest BCUT2D eigenvalue weighted by atomic mass is 16.2. The second-order valence-electron chi connectivity index (χ2n) is 7.12. The zero-order chi connectivity index (χ0) is 15.8. The number of amides is 1. The zero-order valence-electron chi connectivity index (χ0n) is 14.5. The molecule has 1 aliphatic heterocycles. The molecule has 0 aromatic heterocycles. The van der Waals surface area contributed by atoms with Crippen LogP contribution in [0.25, 0.3) is 0 Å². The van der Waals surface area contributed by atoms with Gasteiger partial charge in [-0.15, -0.1) is 0 Å². The third-order valence-electron chi connectivity index (χ3n) is 4.43. The van der Waals surface area contributed by atoms with Crippen LogP contribution < -0.4 is 5.73 Å². The average Bonchev–Trinajstić information content (AvgIpc) is 2.44. The van der Waals surface area contributed by atoms with E-state index in [1.165, 1.54) is 25.9 Å². The Labute approximate surface area is 131 Å². The van der Waals surface area contributed by atoms with E-state index in [0.717, 1.165) is 38.3 Å². The molecule has 21 heavy (non-hydrogen) atoms. The van der Waals surface area contributed by atoms with Gasteiger partial charge in [-0.3, -0.25) is 4.79 Å². The number of rotatable bonds is 8. The molecule has 4 nitrogen and oxygen atoms in total. The summed E-state index contributed by atoms with van der Waals surface area (Å²) in [4.78, 5) is 16.7. The molecule has 0 saturated carbocycles. The highest BCUT2D eigenvalue weighted by molar-refractivity contribution is 5.81. The van der Waals surface area contributed by atoms with Gasteiger partial charge >= 0.3 is 0 Å². The number of unbranched alkanes of at least 4 members (excludes halogenated alkanes) is 1. The van der Waals surface area contributed by atoms with E-state index in [0.29, 0.717) is 5.92 Å². The smallest absolute Gasteiger partial charge is 0.239 e. The molecule has 1 rings (SSSR count). The Bertz CT molecular complexity index is 298. The summed E-state index contributed by atoms with van der Waals surface area (Å²) >= 11 is 0. The standard InChI is InChI=1S/C17H35N3O/c1-5-6-9-19(4)13-15-7-10-20(11-8-15)17(21)16(18)12-14(2)3/h14-16H,5-13,18H2,1-4H3/t16-/m1/s1. The maximum Gasteiger partial charge on any atom is 0.239 e. The second-order valence-corrected chi connectivity index (χ2v) is 7.12. The Morgan fingerprint density at radius 3 is 2.48 bits per heavy atom. The number of likely N-dealkylation sites (tertiary alicyclic amines) is 1. The van der Waals surface area contributed by atoms with E-state index in [1.54, 1.807) is 0 Å². The van der Waals surface area contributed by atoms with Gasteiger partial charge in [0.2, 0.25) is 5.91 Å². The Kier molecular flexibility index (Phi) is 8.27. The van der Waals surface area contributed by atoms with Crippen molar-refractivity contribution in [2.75, 3.05) is 33.2 Å². The largest absolute Gasteiger partial charge is 0.341 e. The summed E-state index contributed by atoms with van der Waals surface area (Å²) in [5.74, 6) is 1.37. The van der Waals surface area contributed by atoms with Crippen molar-refractivity contribution in [3.63, 3.8) is 0 Å². The summed E-state index contributed by atoms with van der Waals surface area (Å²) in [6, 6.07) is -0.311. The van der Waals surface area contributed by atoms with Crippen LogP contribution >= 0.6 is 0 Å². The first-order valence-corrected chi connectivity index (χ1v) is 8.66. The SMILES string of the molecule is CCCCN(C)CC1CCN(C(=O)[C@H](N)CC(C)C)CC1. The van der Waals surface area contributed by atoms with Crippen LogP contribution in [-0.4, -0.2) is 55.0 Å². The monoisotopic (exact) mass is 297 g/mol. The van der Waals surface area contributed by atoms with Gasteiger partial charge in [-0.25, -0.2) is 0 Å². The van der Waals surface area contributed by atoms with Crippen molar-refractivity contribution in [2.24, 2.45) is 17.6 Å². The molecule has 1 fully saturated rings. The molecule has 0 aromatic carbocycles. The lowest BCUT2D eigenvalue weighted by molar-refractivity contribution is -0.134. The molecule has 0 aromatic rings. The molecule has 0 bridgehead atoms. The Hall–Kier alpha value is -0.610. The maximum atomic E-state index is 12.3. The number of carbonyl (C=O) groups excluding carboxylic acids is 1. The summed E-state index contributed by atoms with van der Waals surface area (Å²) in [6.07, 6.45) is 5.56. The third-order valence-corrected chi connectivity index (χ3v) is 4.43. The molecule has 1 amide bonds. The van der Waals surface area contributed by atoms with Crippen molar-refractivity contribution in [1.29, 1.82) is 0 Å². The zero-order valence-corrected chi connectivity index (χ0v) is 14.5. The van der Waals surface area contributed by atoms with Gasteiger partial charge < -0.3 is 15.5 Å². The third kappa shape index (κ3) is 6.79. The normalized spacial score (nSPS) is 18.5. The van der Waals surface area contributed by atoms with E-state index in [-0.39, 0.29) is 11.9 Å². The number of hydrogen-bond acceptors (Lipinski definition) is 3. The number of carbonyl (C=O) groups is 1. The van der Waals surface area contributed by atoms with Gasteiger partial charge in [0, 0.05) is 19.6 Å². The molecule has 0 unspecified atom stereocenters. The average molecular weight is 297 g/mol. The topological polar surface area (TPSA) is 49.6 Å². The van der Waals surface area contributed by atoms with Crippen molar-refractivity contribution >= 4 is 5.91 Å². The molecule has 0 spiro atoms. The first kappa shape index (κ1) is 18.4. The van der Waals surface area contributed by atoms with Gasteiger partial charge in [0.1, 0.15) is 0 Å². The van der Waals surface area contributed by atoms with Crippen molar-refractivity contribution in [2.45, 2.75) is 58.9 Å². The fourth-order valence-corrected chi connectivity index (χ4v) is 3.14. The lowest BCUT2D eigenvalue weighted by Gasteiger charge is -2.35. The lowest BCUT2D eigenvalue weighted by Crippen LogP contribution is -2.48. The highest BCUT2D eigenvalue weighted by Gasteiger charge is 2.26. The van der Waals surface area contributed by atoms with Crippen LogP contribution in [0, 0.1) is 11.8 Å². The Morgan fingerprint density at radius 2 is 1.95 bits per heavy atom. The summed E-state index contributed by atoms with van der Waals surface area (Å²) < 4.78 is 0. The first-order chi connectivity index (χ1) is 9.93. The van der Waals surface area contributed by atoms with Gasteiger partial charge in [0.15, 0.2) is 0 Å². The molecule has 1 heterocycles.